The van der Waals surface area contributed by atoms with Gasteiger partial charge in [0.25, 0.3) is 0 Å². The first kappa shape index (κ1) is 29.7. The standard InChI is InChI=1S/C20H22NSi.C20H15.Hf/c1-14-13-16-8-6-10-18(19(16)20(14)22(2)3)21-12-11-15-7-4-5-9-17(15)21;1-14-13-16-8-3-5-11-18(16)20(14)19-12-6-9-15-7-2-4-10-17(15)19;/h4-10,13-14H,11-12H2,1-3H3;2-13H,1H3;/q2*-1;. The van der Waals surface area contributed by atoms with E-state index in [4.69, 9.17) is 0 Å². The molecule has 1 aliphatic carbocycles. The molecule has 2 aliphatic rings. The van der Waals surface area contributed by atoms with Crippen molar-refractivity contribution < 1.29 is 25.8 Å². The summed E-state index contributed by atoms with van der Waals surface area (Å²) in [7, 11) is -0.442. The number of fused-ring (bicyclic) bond motifs is 4. The Balaban J connectivity index is 0.000000150. The summed E-state index contributed by atoms with van der Waals surface area (Å²) in [5.41, 5.74) is 11.3. The first-order valence-corrected chi connectivity index (χ1v) is 17.7. The number of nitrogens with zero attached hydrogens (tertiary/aromatic N) is 1. The second kappa shape index (κ2) is 12.3. The number of rotatable bonds is 2. The largest absolute Gasteiger partial charge is 0.352 e. The second-order valence-electron chi connectivity index (χ2n) is 12.0. The van der Waals surface area contributed by atoms with Gasteiger partial charge in [-0.15, -0.1) is 63.0 Å². The summed E-state index contributed by atoms with van der Waals surface area (Å²) in [6, 6.07) is 41.8. The number of para-hydroxylation sites is 1. The molecule has 0 saturated heterocycles. The molecule has 1 atom stereocenters. The molecule has 0 amide bonds. The minimum absolute atomic E-state index is 0. The normalized spacial score (nSPS) is 14.9. The van der Waals surface area contributed by atoms with Gasteiger partial charge < -0.3 is 4.90 Å². The van der Waals surface area contributed by atoms with E-state index in [1.54, 1.807) is 5.17 Å². The number of hydrogen-bond donors (Lipinski definition) is 0. The molecule has 1 aliphatic heterocycles. The van der Waals surface area contributed by atoms with Crippen LogP contribution in [0, 0.1) is 19.3 Å². The smallest absolute Gasteiger partial charge is 0.0435 e. The molecule has 3 heteroatoms. The molecule has 43 heavy (non-hydrogen) atoms. The Bertz CT molecular complexity index is 1970. The van der Waals surface area contributed by atoms with Crippen LogP contribution in [0.4, 0.5) is 11.4 Å². The van der Waals surface area contributed by atoms with Crippen LogP contribution in [0.1, 0.15) is 29.2 Å². The average molecular weight is 738 g/mol. The minimum Gasteiger partial charge on any atom is -0.352 e. The predicted molar refractivity (Wildman–Crippen MR) is 185 cm³/mol. The summed E-state index contributed by atoms with van der Waals surface area (Å²) in [5, 5.41) is 7.00. The zero-order valence-corrected chi connectivity index (χ0v) is 30.1. The average Bonchev–Trinajstić information content (AvgIpc) is 3.69. The zero-order chi connectivity index (χ0) is 28.8. The van der Waals surface area contributed by atoms with Gasteiger partial charge in [-0.1, -0.05) is 111 Å². The van der Waals surface area contributed by atoms with Gasteiger partial charge in [0.15, 0.2) is 0 Å². The maximum atomic E-state index is 2.53. The molecule has 6 aromatic rings. The van der Waals surface area contributed by atoms with E-state index in [1.165, 1.54) is 66.3 Å². The molecule has 0 fully saturated rings. The van der Waals surface area contributed by atoms with Gasteiger partial charge in [0.1, 0.15) is 0 Å². The number of anilines is 2. The monoisotopic (exact) mass is 739 g/mol. The summed E-state index contributed by atoms with van der Waals surface area (Å²) in [4.78, 5) is 2.53. The second-order valence-corrected chi connectivity index (χ2v) is 14.5. The number of aryl methyl sites for hydroxylation is 1. The predicted octanol–water partition coefficient (Wildman–Crippen LogP) is 10.1. The van der Waals surface area contributed by atoms with Crippen LogP contribution in [0.25, 0.3) is 32.7 Å². The van der Waals surface area contributed by atoms with Crippen molar-refractivity contribution in [1.82, 2.24) is 0 Å². The molecular weight excluding hydrogens is 701 g/mol. The number of benzene rings is 5. The van der Waals surface area contributed by atoms with Crippen LogP contribution in [-0.2, 0) is 32.3 Å². The maximum absolute atomic E-state index is 2.53. The van der Waals surface area contributed by atoms with Crippen molar-refractivity contribution in [2.24, 2.45) is 5.92 Å². The molecule has 0 bridgehead atoms. The van der Waals surface area contributed by atoms with Crippen molar-refractivity contribution in [3.05, 3.63) is 144 Å². The molecule has 0 aromatic heterocycles. The van der Waals surface area contributed by atoms with Crippen molar-refractivity contribution >= 4 is 46.5 Å². The Morgan fingerprint density at radius 3 is 2.23 bits per heavy atom. The van der Waals surface area contributed by atoms with Crippen LogP contribution in [0.2, 0.25) is 13.1 Å². The first-order chi connectivity index (χ1) is 20.5. The fourth-order valence-corrected chi connectivity index (χ4v) is 9.02. The van der Waals surface area contributed by atoms with E-state index < -0.39 is 8.41 Å². The van der Waals surface area contributed by atoms with Crippen LogP contribution in [0.15, 0.2) is 115 Å². The zero-order valence-electron chi connectivity index (χ0n) is 25.5. The SMILES string of the molecule is CC1[CH-]c2cccc(N3CCc4ccccc43)c2C1=[Si](C)C.Cc1[cH-]c2ccccc2c1-c1cccc2ccccc12.[Hf]. The third-order valence-corrected chi connectivity index (χ3v) is 10.8. The van der Waals surface area contributed by atoms with Gasteiger partial charge in [-0.05, 0) is 42.9 Å². The Morgan fingerprint density at radius 1 is 0.721 bits per heavy atom. The van der Waals surface area contributed by atoms with Crippen LogP contribution in [-0.4, -0.2) is 20.1 Å². The Morgan fingerprint density at radius 2 is 1.40 bits per heavy atom. The van der Waals surface area contributed by atoms with Gasteiger partial charge in [0.05, 0.1) is 0 Å². The summed E-state index contributed by atoms with van der Waals surface area (Å²) in [6.07, 6.45) is 3.61. The molecule has 0 N–H and O–H groups in total. The van der Waals surface area contributed by atoms with Crippen molar-refractivity contribution in [3.8, 4) is 11.1 Å². The van der Waals surface area contributed by atoms with Gasteiger partial charge in [-0.2, -0.15) is 18.1 Å². The van der Waals surface area contributed by atoms with E-state index in [2.05, 4.69) is 154 Å². The molecule has 1 unspecified atom stereocenters. The van der Waals surface area contributed by atoms with E-state index in [0.29, 0.717) is 5.92 Å². The summed E-state index contributed by atoms with van der Waals surface area (Å²) in [6.45, 7) is 10.5. The maximum Gasteiger partial charge on any atom is 0.0435 e. The van der Waals surface area contributed by atoms with Crippen molar-refractivity contribution in [3.63, 3.8) is 0 Å². The molecule has 6 aromatic carbocycles. The molecule has 8 rings (SSSR count). The van der Waals surface area contributed by atoms with Gasteiger partial charge >= 0.3 is 0 Å². The van der Waals surface area contributed by atoms with Crippen LogP contribution in [0.3, 0.4) is 0 Å². The summed E-state index contributed by atoms with van der Waals surface area (Å²) in [5.74, 6) is 0.595. The van der Waals surface area contributed by atoms with Crippen LogP contribution >= 0.6 is 0 Å². The van der Waals surface area contributed by atoms with Gasteiger partial charge in [0, 0.05) is 38.1 Å². The molecule has 0 radical (unpaired) electrons. The van der Waals surface area contributed by atoms with E-state index in [-0.39, 0.29) is 25.8 Å². The first-order valence-electron chi connectivity index (χ1n) is 15.2. The summed E-state index contributed by atoms with van der Waals surface area (Å²) >= 11 is 0. The van der Waals surface area contributed by atoms with Crippen LogP contribution in [0.5, 0.6) is 0 Å². The van der Waals surface area contributed by atoms with E-state index in [9.17, 15) is 0 Å². The Hall–Kier alpha value is -3.40. The van der Waals surface area contributed by atoms with Crippen molar-refractivity contribution in [2.45, 2.75) is 33.4 Å². The molecule has 0 spiro atoms. The molecular formula is C40H37HfNSi-2. The van der Waals surface area contributed by atoms with Crippen LogP contribution < -0.4 is 4.90 Å². The minimum atomic E-state index is -0.442. The Labute approximate surface area is 276 Å². The van der Waals surface area contributed by atoms with Crippen molar-refractivity contribution in [2.75, 3.05) is 11.4 Å². The quantitative estimate of drug-likeness (QED) is 0.126. The fourth-order valence-electron chi connectivity index (χ4n) is 7.26. The van der Waals surface area contributed by atoms with Crippen molar-refractivity contribution in [1.29, 1.82) is 0 Å². The van der Waals surface area contributed by atoms with E-state index in [0.717, 1.165) is 13.0 Å². The van der Waals surface area contributed by atoms with E-state index >= 15 is 0 Å². The summed E-state index contributed by atoms with van der Waals surface area (Å²) < 4.78 is 0. The fraction of sp³-hybridized carbons (Fsp3) is 0.175. The van der Waals surface area contributed by atoms with Gasteiger partial charge in [-0.3, -0.25) is 0 Å². The molecule has 1 heterocycles. The topological polar surface area (TPSA) is 3.24 Å². The van der Waals surface area contributed by atoms with Gasteiger partial charge in [0.2, 0.25) is 0 Å². The molecule has 1 nitrogen and oxygen atoms in total. The third-order valence-electron chi connectivity index (χ3n) is 9.00. The molecule has 0 saturated carbocycles. The van der Waals surface area contributed by atoms with E-state index in [1.807, 2.05) is 0 Å². The third kappa shape index (κ3) is 5.32. The number of hydrogen-bond acceptors (Lipinski definition) is 1. The molecule has 212 valence electrons. The van der Waals surface area contributed by atoms with Gasteiger partial charge in [-0.25, -0.2) is 0 Å². The Kier molecular flexibility index (Phi) is 8.48.